The van der Waals surface area contributed by atoms with Gasteiger partial charge < -0.3 is 9.30 Å². The highest BCUT2D eigenvalue weighted by molar-refractivity contribution is 6.21. The lowest BCUT2D eigenvalue weighted by Crippen LogP contribution is -2.31. The molecule has 0 bridgehead atoms. The molecule has 0 unspecified atom stereocenters. The molecule has 3 rings (SSSR count). The van der Waals surface area contributed by atoms with Crippen LogP contribution in [-0.2, 0) is 11.3 Å². The van der Waals surface area contributed by atoms with Crippen LogP contribution in [0.25, 0.3) is 5.57 Å². The number of hydrogen-bond donors (Lipinski definition) is 0. The lowest BCUT2D eigenvalue weighted by Gasteiger charge is -2.30. The normalized spacial score (nSPS) is 15.5. The van der Waals surface area contributed by atoms with E-state index in [0.717, 1.165) is 5.56 Å². The van der Waals surface area contributed by atoms with Crippen molar-refractivity contribution in [3.05, 3.63) is 70.7 Å². The van der Waals surface area contributed by atoms with E-state index in [-0.39, 0.29) is 17.9 Å². The van der Waals surface area contributed by atoms with Crippen molar-refractivity contribution in [1.29, 1.82) is 0 Å². The Hall–Kier alpha value is -2.62. The van der Waals surface area contributed by atoms with E-state index in [0.29, 0.717) is 11.3 Å². The summed E-state index contributed by atoms with van der Waals surface area (Å²) in [5.74, 6) is 0.593. The van der Waals surface area contributed by atoms with Gasteiger partial charge in [-0.05, 0) is 32.1 Å². The predicted octanol–water partition coefficient (Wildman–Crippen LogP) is 2.67. The van der Waals surface area contributed by atoms with Crippen LogP contribution in [0.5, 0.6) is 5.75 Å². The number of carbonyl (C=O) groups is 1. The molecule has 2 heterocycles. The van der Waals surface area contributed by atoms with Gasteiger partial charge in [0.2, 0.25) is 0 Å². The largest absolute Gasteiger partial charge is 0.483 e. The number of rotatable bonds is 3. The van der Waals surface area contributed by atoms with E-state index in [9.17, 15) is 9.59 Å². The molecular formula is C18H17NO3. The molecule has 1 aromatic carbocycles. The number of carbonyl (C=O) groups excluding carboxylic acids is 1. The number of nitrogens with zero attached hydrogens (tertiary/aromatic N) is 1. The van der Waals surface area contributed by atoms with E-state index in [1.54, 1.807) is 18.3 Å². The number of ketones is 1. The maximum atomic E-state index is 12.7. The highest BCUT2D eigenvalue weighted by atomic mass is 16.5. The summed E-state index contributed by atoms with van der Waals surface area (Å²) in [6.45, 7) is 3.84. The molecule has 4 heteroatoms. The zero-order valence-corrected chi connectivity index (χ0v) is 12.6. The molecule has 0 fully saturated rings. The smallest absolute Gasteiger partial charge is 0.250 e. The van der Waals surface area contributed by atoms with Gasteiger partial charge in [-0.15, -0.1) is 0 Å². The van der Waals surface area contributed by atoms with Crippen molar-refractivity contribution in [2.24, 2.45) is 0 Å². The van der Waals surface area contributed by atoms with Crippen LogP contribution in [0.15, 0.2) is 59.5 Å². The molecule has 0 amide bonds. The summed E-state index contributed by atoms with van der Waals surface area (Å²) in [5, 5.41) is 0. The van der Waals surface area contributed by atoms with Crippen LogP contribution >= 0.6 is 0 Å². The van der Waals surface area contributed by atoms with E-state index < -0.39 is 5.60 Å². The van der Waals surface area contributed by atoms with Crippen LogP contribution in [0.1, 0.15) is 19.4 Å². The lowest BCUT2D eigenvalue weighted by molar-refractivity contribution is -0.114. The van der Waals surface area contributed by atoms with Crippen molar-refractivity contribution < 1.29 is 9.53 Å². The predicted molar refractivity (Wildman–Crippen MR) is 84.8 cm³/mol. The zero-order valence-electron chi connectivity index (χ0n) is 12.6. The van der Waals surface area contributed by atoms with E-state index in [1.807, 2.05) is 44.2 Å². The van der Waals surface area contributed by atoms with Crippen molar-refractivity contribution in [1.82, 2.24) is 4.57 Å². The molecule has 4 nitrogen and oxygen atoms in total. The number of allylic oxidation sites excluding steroid dienone is 1. The van der Waals surface area contributed by atoms with E-state index in [2.05, 4.69) is 0 Å². The Morgan fingerprint density at radius 2 is 1.86 bits per heavy atom. The molecule has 0 spiro atoms. The number of hydrogen-bond acceptors (Lipinski definition) is 3. The van der Waals surface area contributed by atoms with Gasteiger partial charge in [-0.25, -0.2) is 0 Å². The first kappa shape index (κ1) is 14.3. The summed E-state index contributed by atoms with van der Waals surface area (Å²) < 4.78 is 7.29. The average molecular weight is 295 g/mol. The summed E-state index contributed by atoms with van der Waals surface area (Å²) in [4.78, 5) is 24.5. The third-order valence-corrected chi connectivity index (χ3v) is 3.56. The number of para-hydroxylation sites is 1. The molecule has 0 N–H and O–H groups in total. The molecule has 1 aromatic heterocycles. The molecule has 112 valence electrons. The molecule has 0 aliphatic carbocycles. The third-order valence-electron chi connectivity index (χ3n) is 3.56. The van der Waals surface area contributed by atoms with E-state index in [4.69, 9.17) is 4.74 Å². The second kappa shape index (κ2) is 5.30. The van der Waals surface area contributed by atoms with Gasteiger partial charge in [0.1, 0.15) is 11.4 Å². The zero-order chi connectivity index (χ0) is 15.7. The average Bonchev–Trinajstić information content (AvgIpc) is 2.47. The van der Waals surface area contributed by atoms with Crippen LogP contribution in [0, 0.1) is 0 Å². The molecule has 0 saturated heterocycles. The van der Waals surface area contributed by atoms with Gasteiger partial charge in [0.05, 0.1) is 6.54 Å². The van der Waals surface area contributed by atoms with E-state index in [1.165, 1.54) is 10.6 Å². The van der Waals surface area contributed by atoms with Gasteiger partial charge in [0.15, 0.2) is 5.78 Å². The Morgan fingerprint density at radius 3 is 2.64 bits per heavy atom. The van der Waals surface area contributed by atoms with Gasteiger partial charge in [-0.3, -0.25) is 9.59 Å². The fourth-order valence-corrected chi connectivity index (χ4v) is 2.58. The SMILES string of the molecule is CC1(C)C=C(C(=O)Cn2ccccc2=O)c2ccccc2O1. The van der Waals surface area contributed by atoms with Crippen LogP contribution in [0.4, 0.5) is 0 Å². The van der Waals surface area contributed by atoms with Crippen LogP contribution in [-0.4, -0.2) is 16.0 Å². The molecule has 0 radical (unpaired) electrons. The topological polar surface area (TPSA) is 48.3 Å². The quantitative estimate of drug-likeness (QED) is 0.874. The van der Waals surface area contributed by atoms with Crippen molar-refractivity contribution in [2.45, 2.75) is 26.0 Å². The van der Waals surface area contributed by atoms with Crippen LogP contribution < -0.4 is 10.3 Å². The highest BCUT2D eigenvalue weighted by Gasteiger charge is 2.29. The molecule has 1 aliphatic rings. The molecule has 1 aliphatic heterocycles. The summed E-state index contributed by atoms with van der Waals surface area (Å²) in [7, 11) is 0. The number of aromatic nitrogens is 1. The Morgan fingerprint density at radius 1 is 1.14 bits per heavy atom. The monoisotopic (exact) mass is 295 g/mol. The molecule has 0 atom stereocenters. The number of pyridine rings is 1. The molecule has 22 heavy (non-hydrogen) atoms. The summed E-state index contributed by atoms with van der Waals surface area (Å²) in [6.07, 6.45) is 3.45. The number of ether oxygens (including phenoxy) is 1. The summed E-state index contributed by atoms with van der Waals surface area (Å²) in [6, 6.07) is 12.3. The molecule has 2 aromatic rings. The first-order chi connectivity index (χ1) is 10.5. The molecular weight excluding hydrogens is 278 g/mol. The Bertz CT molecular complexity index is 815. The van der Waals surface area contributed by atoms with Crippen molar-refractivity contribution in [3.8, 4) is 5.75 Å². The minimum atomic E-state index is -0.555. The van der Waals surface area contributed by atoms with Gasteiger partial charge in [0.25, 0.3) is 5.56 Å². The Kier molecular flexibility index (Phi) is 3.45. The van der Waals surface area contributed by atoms with Gasteiger partial charge in [0, 0.05) is 23.4 Å². The minimum absolute atomic E-state index is 0.0237. The third kappa shape index (κ3) is 2.72. The molecule has 0 saturated carbocycles. The van der Waals surface area contributed by atoms with Gasteiger partial charge >= 0.3 is 0 Å². The summed E-state index contributed by atoms with van der Waals surface area (Å²) in [5.41, 5.74) is 0.635. The van der Waals surface area contributed by atoms with Gasteiger partial charge in [-0.2, -0.15) is 0 Å². The lowest BCUT2D eigenvalue weighted by atomic mass is 9.92. The van der Waals surface area contributed by atoms with E-state index >= 15 is 0 Å². The number of benzene rings is 1. The van der Waals surface area contributed by atoms with Crippen molar-refractivity contribution in [3.63, 3.8) is 0 Å². The van der Waals surface area contributed by atoms with Crippen molar-refractivity contribution >= 4 is 11.4 Å². The second-order valence-corrected chi connectivity index (χ2v) is 5.85. The number of Topliss-reactive ketones (excluding diaryl/α,β-unsaturated/α-hetero) is 1. The maximum Gasteiger partial charge on any atom is 0.250 e. The second-order valence-electron chi connectivity index (χ2n) is 5.85. The van der Waals surface area contributed by atoms with Crippen LogP contribution in [0.3, 0.4) is 0 Å². The summed E-state index contributed by atoms with van der Waals surface area (Å²) >= 11 is 0. The Balaban J connectivity index is 1.99. The highest BCUT2D eigenvalue weighted by Crippen LogP contribution is 2.36. The van der Waals surface area contributed by atoms with Crippen molar-refractivity contribution in [2.75, 3.05) is 0 Å². The number of fused-ring (bicyclic) bond motifs is 1. The Labute approximate surface area is 128 Å². The minimum Gasteiger partial charge on any atom is -0.483 e. The van der Waals surface area contributed by atoms with Crippen LogP contribution in [0.2, 0.25) is 0 Å². The first-order valence-electron chi connectivity index (χ1n) is 7.16. The standard InChI is InChI=1S/C18H17NO3/c1-18(2)11-14(13-7-3-4-8-16(13)22-18)15(20)12-19-10-6-5-9-17(19)21/h3-11H,12H2,1-2H3. The fraction of sp³-hybridized carbons (Fsp3) is 0.222. The van der Waals surface area contributed by atoms with Gasteiger partial charge in [-0.1, -0.05) is 24.3 Å². The fourth-order valence-electron chi connectivity index (χ4n) is 2.58. The first-order valence-corrected chi connectivity index (χ1v) is 7.16. The maximum absolute atomic E-state index is 12.7.